The highest BCUT2D eigenvalue weighted by atomic mass is 32.2. The summed E-state index contributed by atoms with van der Waals surface area (Å²) in [5, 5.41) is 13.7. The number of benzene rings is 2. The first-order valence-corrected chi connectivity index (χ1v) is 11.9. The van der Waals surface area contributed by atoms with Crippen molar-refractivity contribution in [3.8, 4) is 0 Å². The Hall–Kier alpha value is -2.87. The van der Waals surface area contributed by atoms with Gasteiger partial charge in [0.25, 0.3) is 5.69 Å². The van der Waals surface area contributed by atoms with Crippen LogP contribution in [0.3, 0.4) is 0 Å². The lowest BCUT2D eigenvalue weighted by Gasteiger charge is -2.29. The number of nitrogens with one attached hydrogen (secondary N) is 1. The van der Waals surface area contributed by atoms with Crippen molar-refractivity contribution in [2.75, 3.05) is 12.3 Å². The number of rotatable bonds is 12. The van der Waals surface area contributed by atoms with Crippen molar-refractivity contribution in [3.63, 3.8) is 0 Å². The molecule has 2 aromatic carbocycles. The number of carbonyl (C=O) groups is 2. The van der Waals surface area contributed by atoms with E-state index in [9.17, 15) is 19.7 Å². The fourth-order valence-corrected chi connectivity index (χ4v) is 4.05. The first-order valence-electron chi connectivity index (χ1n) is 10.8. The van der Waals surface area contributed by atoms with Crippen molar-refractivity contribution in [2.45, 2.75) is 52.0 Å². The maximum atomic E-state index is 13.1. The Kier molecular flexibility index (Phi) is 10.2. The molecule has 0 unspecified atom stereocenters. The van der Waals surface area contributed by atoms with Gasteiger partial charge in [0, 0.05) is 31.0 Å². The van der Waals surface area contributed by atoms with Gasteiger partial charge in [0.15, 0.2) is 0 Å². The van der Waals surface area contributed by atoms with E-state index in [1.54, 1.807) is 24.0 Å². The summed E-state index contributed by atoms with van der Waals surface area (Å²) in [6.07, 6.45) is 1.88. The number of amides is 2. The van der Waals surface area contributed by atoms with Crippen molar-refractivity contribution >= 4 is 29.3 Å². The Balaban J connectivity index is 2.03. The highest BCUT2D eigenvalue weighted by Crippen LogP contribution is 2.19. The van der Waals surface area contributed by atoms with Crippen molar-refractivity contribution in [2.24, 2.45) is 0 Å². The molecule has 0 radical (unpaired) electrons. The second kappa shape index (κ2) is 12.9. The molecular weight excluding hydrogens is 426 g/mol. The molecule has 1 N–H and O–H groups in total. The summed E-state index contributed by atoms with van der Waals surface area (Å²) in [6, 6.07) is 13.7. The van der Waals surface area contributed by atoms with Crippen LogP contribution in [-0.2, 0) is 21.9 Å². The maximum Gasteiger partial charge on any atom is 0.269 e. The normalized spacial score (nSPS) is 11.6. The molecule has 0 saturated heterocycles. The van der Waals surface area contributed by atoms with Crippen molar-refractivity contribution in [1.82, 2.24) is 10.2 Å². The van der Waals surface area contributed by atoms with Gasteiger partial charge in [-0.05, 0) is 31.4 Å². The van der Waals surface area contributed by atoms with Crippen LogP contribution in [0.25, 0.3) is 0 Å². The Morgan fingerprint density at radius 1 is 1.16 bits per heavy atom. The molecule has 172 valence electrons. The number of thioether (sulfide) groups is 1. The molecule has 0 aliphatic carbocycles. The van der Waals surface area contributed by atoms with E-state index < -0.39 is 11.0 Å². The van der Waals surface area contributed by atoms with Crippen LogP contribution >= 0.6 is 11.8 Å². The van der Waals surface area contributed by atoms with Gasteiger partial charge >= 0.3 is 0 Å². The van der Waals surface area contributed by atoms with Gasteiger partial charge in [0.1, 0.15) is 6.04 Å². The lowest BCUT2D eigenvalue weighted by atomic mass is 10.1. The van der Waals surface area contributed by atoms with Crippen LogP contribution in [0.1, 0.15) is 43.4 Å². The molecule has 2 aromatic rings. The molecule has 32 heavy (non-hydrogen) atoms. The number of aryl methyl sites for hydroxylation is 1. The summed E-state index contributed by atoms with van der Waals surface area (Å²) in [5.74, 6) is 0.505. The highest BCUT2D eigenvalue weighted by molar-refractivity contribution is 7.99. The number of carbonyl (C=O) groups excluding carboxylic acids is 2. The van der Waals surface area contributed by atoms with E-state index in [1.807, 2.05) is 31.2 Å². The topological polar surface area (TPSA) is 92.6 Å². The van der Waals surface area contributed by atoms with E-state index in [0.29, 0.717) is 18.8 Å². The third kappa shape index (κ3) is 8.00. The molecule has 0 fully saturated rings. The fourth-order valence-electron chi connectivity index (χ4n) is 3.18. The Bertz CT molecular complexity index is 918. The summed E-state index contributed by atoms with van der Waals surface area (Å²) in [7, 11) is 0. The Morgan fingerprint density at radius 2 is 1.88 bits per heavy atom. The second-order valence-corrected chi connectivity index (χ2v) is 8.73. The third-order valence-corrected chi connectivity index (χ3v) is 6.06. The lowest BCUT2D eigenvalue weighted by molar-refractivity contribution is -0.384. The van der Waals surface area contributed by atoms with E-state index in [4.69, 9.17) is 0 Å². The van der Waals surface area contributed by atoms with Gasteiger partial charge < -0.3 is 10.2 Å². The number of nitro groups is 1. The summed E-state index contributed by atoms with van der Waals surface area (Å²) >= 11 is 1.43. The average molecular weight is 458 g/mol. The van der Waals surface area contributed by atoms with Gasteiger partial charge in [-0.2, -0.15) is 0 Å². The van der Waals surface area contributed by atoms with Gasteiger partial charge in [0.2, 0.25) is 11.8 Å². The minimum atomic E-state index is -0.583. The minimum absolute atomic E-state index is 0.0436. The van der Waals surface area contributed by atoms with Crippen molar-refractivity contribution in [3.05, 3.63) is 75.3 Å². The quantitative estimate of drug-likeness (QED) is 0.288. The van der Waals surface area contributed by atoms with Gasteiger partial charge in [-0.1, -0.05) is 55.3 Å². The summed E-state index contributed by atoms with van der Waals surface area (Å²) in [6.45, 7) is 6.78. The zero-order valence-electron chi connectivity index (χ0n) is 18.9. The Labute approximate surface area is 193 Å². The predicted octanol–water partition coefficient (Wildman–Crippen LogP) is 4.47. The van der Waals surface area contributed by atoms with Crippen LogP contribution in [0.4, 0.5) is 5.69 Å². The molecule has 0 heterocycles. The van der Waals surface area contributed by atoms with Crippen LogP contribution in [-0.4, -0.2) is 40.0 Å². The highest BCUT2D eigenvalue weighted by Gasteiger charge is 2.25. The maximum absolute atomic E-state index is 13.1. The van der Waals surface area contributed by atoms with Gasteiger partial charge in [-0.15, -0.1) is 11.8 Å². The zero-order valence-corrected chi connectivity index (χ0v) is 19.7. The van der Waals surface area contributed by atoms with Gasteiger partial charge in [-0.3, -0.25) is 19.7 Å². The molecule has 2 amide bonds. The number of hydrogen-bond acceptors (Lipinski definition) is 5. The van der Waals surface area contributed by atoms with Gasteiger partial charge in [-0.25, -0.2) is 0 Å². The smallest absolute Gasteiger partial charge is 0.269 e. The summed E-state index contributed by atoms with van der Waals surface area (Å²) in [4.78, 5) is 37.7. The fraction of sp³-hybridized carbons (Fsp3) is 0.417. The molecule has 8 heteroatoms. The zero-order chi connectivity index (χ0) is 23.5. The third-order valence-electron chi connectivity index (χ3n) is 5.07. The summed E-state index contributed by atoms with van der Waals surface area (Å²) < 4.78 is 0. The van der Waals surface area contributed by atoms with Crippen LogP contribution in [0.5, 0.6) is 0 Å². The molecule has 1 atom stereocenters. The van der Waals surface area contributed by atoms with Crippen molar-refractivity contribution in [1.29, 1.82) is 0 Å². The van der Waals surface area contributed by atoms with Crippen LogP contribution in [0.2, 0.25) is 0 Å². The number of unbranched alkanes of at least 4 members (excludes halogenated alkanes) is 1. The first-order chi connectivity index (χ1) is 15.3. The van der Waals surface area contributed by atoms with Gasteiger partial charge in [0.05, 0.1) is 10.7 Å². The molecular formula is C24H31N3O4S. The molecule has 2 rings (SSSR count). The Morgan fingerprint density at radius 3 is 2.50 bits per heavy atom. The number of hydrogen-bond donors (Lipinski definition) is 1. The van der Waals surface area contributed by atoms with Crippen molar-refractivity contribution < 1.29 is 14.5 Å². The molecule has 0 aromatic heterocycles. The van der Waals surface area contributed by atoms with E-state index in [1.165, 1.54) is 23.9 Å². The van der Waals surface area contributed by atoms with Crippen LogP contribution in [0, 0.1) is 17.0 Å². The van der Waals surface area contributed by atoms with E-state index in [2.05, 4.69) is 12.2 Å². The lowest BCUT2D eigenvalue weighted by Crippen LogP contribution is -2.48. The largest absolute Gasteiger partial charge is 0.354 e. The predicted molar refractivity (Wildman–Crippen MR) is 128 cm³/mol. The molecule has 0 aliphatic rings. The van der Waals surface area contributed by atoms with E-state index in [-0.39, 0.29) is 23.3 Å². The number of nitro benzene ring substituents is 1. The van der Waals surface area contributed by atoms with E-state index >= 15 is 0 Å². The number of nitrogens with zero attached hydrogens (tertiary/aromatic N) is 2. The molecule has 0 spiro atoms. The first kappa shape index (κ1) is 25.4. The standard InChI is InChI=1S/C24H31N3O4S/c1-4-5-13-25-24(29)19(3)26(15-21-8-6-7-18(2)14-21)23(28)17-32-16-20-9-11-22(12-10-20)27(30)31/h6-12,14,19H,4-5,13,15-17H2,1-3H3,(H,25,29)/t19-/m0/s1. The minimum Gasteiger partial charge on any atom is -0.354 e. The molecule has 0 bridgehead atoms. The average Bonchev–Trinajstić information content (AvgIpc) is 2.77. The SMILES string of the molecule is CCCCNC(=O)[C@H](C)N(Cc1cccc(C)c1)C(=O)CSCc1ccc([N+](=O)[O-])cc1. The van der Waals surface area contributed by atoms with Crippen LogP contribution in [0.15, 0.2) is 48.5 Å². The van der Waals surface area contributed by atoms with E-state index in [0.717, 1.165) is 29.5 Å². The molecule has 7 nitrogen and oxygen atoms in total. The molecule has 0 aliphatic heterocycles. The number of non-ortho nitro benzene ring substituents is 1. The molecule has 0 saturated carbocycles. The summed E-state index contributed by atoms with van der Waals surface area (Å²) in [5.41, 5.74) is 3.03. The van der Waals surface area contributed by atoms with Crippen LogP contribution < -0.4 is 5.32 Å². The monoisotopic (exact) mass is 457 g/mol. The second-order valence-electron chi connectivity index (χ2n) is 7.75.